The fraction of sp³-hybridized carbons (Fsp3) is 0.250. The third-order valence-corrected chi connectivity index (χ3v) is 1.89. The van der Waals surface area contributed by atoms with Crippen molar-refractivity contribution in [2.75, 3.05) is 12.6 Å². The average molecular weight is 244 g/mol. The molecule has 1 aromatic carbocycles. The normalized spacial score (nSPS) is 11.6. The minimum Gasteiger partial charge on any atom is -0.279 e. The molecule has 1 N–H and O–H groups in total. The Balaban J connectivity index is 3.23. The van der Waals surface area contributed by atoms with Crippen molar-refractivity contribution in [1.29, 1.82) is 0 Å². The third-order valence-electron chi connectivity index (χ3n) is 1.57. The van der Waals surface area contributed by atoms with Crippen LogP contribution in [0.15, 0.2) is 12.1 Å². The smallest absolute Gasteiger partial charge is 0.279 e. The molecule has 84 valence electrons. The van der Waals surface area contributed by atoms with Crippen LogP contribution in [0.25, 0.3) is 0 Å². The van der Waals surface area contributed by atoms with Gasteiger partial charge in [-0.15, -0.1) is 0 Å². The van der Waals surface area contributed by atoms with Crippen molar-refractivity contribution in [3.8, 4) is 0 Å². The van der Waals surface area contributed by atoms with E-state index in [0.29, 0.717) is 12.1 Å². The number of rotatable bonds is 2. The van der Waals surface area contributed by atoms with E-state index in [2.05, 4.69) is 4.84 Å². The summed E-state index contributed by atoms with van der Waals surface area (Å²) in [5.41, 5.74) is 0.440. The largest absolute Gasteiger partial charge is 0.417 e. The van der Waals surface area contributed by atoms with Crippen LogP contribution in [0.1, 0.15) is 5.56 Å². The molecule has 0 saturated heterocycles. The lowest BCUT2D eigenvalue weighted by Gasteiger charge is -2.12. The molecule has 0 spiro atoms. The fourth-order valence-corrected chi connectivity index (χ4v) is 1.21. The lowest BCUT2D eigenvalue weighted by atomic mass is 10.2. The molecule has 0 fully saturated rings. The molecule has 1 rings (SSSR count). The number of alkyl halides is 3. The maximum absolute atomic E-state index is 13.0. The molecule has 2 nitrogen and oxygen atoms in total. The maximum atomic E-state index is 13.0. The van der Waals surface area contributed by atoms with Crippen LogP contribution in [0.2, 0.25) is 5.02 Å². The van der Waals surface area contributed by atoms with E-state index < -0.39 is 28.3 Å². The van der Waals surface area contributed by atoms with Gasteiger partial charge in [-0.1, -0.05) is 11.6 Å². The van der Waals surface area contributed by atoms with Crippen molar-refractivity contribution < 1.29 is 22.4 Å². The molecule has 0 heterocycles. The Bertz CT molecular complexity index is 366. The molecule has 1 aromatic rings. The second-order valence-corrected chi connectivity index (χ2v) is 3.02. The van der Waals surface area contributed by atoms with Crippen LogP contribution in [0.5, 0.6) is 0 Å². The first-order valence-electron chi connectivity index (χ1n) is 3.71. The van der Waals surface area contributed by atoms with Gasteiger partial charge < -0.3 is 0 Å². The summed E-state index contributed by atoms with van der Waals surface area (Å²) in [6, 6.07) is 1.12. The summed E-state index contributed by atoms with van der Waals surface area (Å²) >= 11 is 5.26. The van der Waals surface area contributed by atoms with Gasteiger partial charge in [-0.2, -0.15) is 13.2 Å². The first-order valence-corrected chi connectivity index (χ1v) is 4.09. The summed E-state index contributed by atoms with van der Waals surface area (Å²) in [5.74, 6) is -0.921. The van der Waals surface area contributed by atoms with Crippen molar-refractivity contribution >= 4 is 17.3 Å². The molecule has 0 bridgehead atoms. The highest BCUT2D eigenvalue weighted by Crippen LogP contribution is 2.37. The topological polar surface area (TPSA) is 21.3 Å². The summed E-state index contributed by atoms with van der Waals surface area (Å²) in [6.07, 6.45) is -4.63. The molecule has 7 heteroatoms. The zero-order valence-corrected chi connectivity index (χ0v) is 8.21. The summed E-state index contributed by atoms with van der Waals surface area (Å²) in [4.78, 5) is 4.32. The Morgan fingerprint density at radius 3 is 2.40 bits per heavy atom. The highest BCUT2D eigenvalue weighted by Gasteiger charge is 2.34. The number of benzene rings is 1. The lowest BCUT2D eigenvalue weighted by molar-refractivity contribution is -0.137. The van der Waals surface area contributed by atoms with E-state index in [9.17, 15) is 17.6 Å². The van der Waals surface area contributed by atoms with Crippen LogP contribution < -0.4 is 5.48 Å². The first-order chi connectivity index (χ1) is 6.86. The van der Waals surface area contributed by atoms with Gasteiger partial charge in [0.2, 0.25) is 0 Å². The predicted molar refractivity (Wildman–Crippen MR) is 47.0 cm³/mol. The quantitative estimate of drug-likeness (QED) is 0.634. The molecular formula is C8H6ClF4NO. The van der Waals surface area contributed by atoms with E-state index in [0.717, 1.165) is 7.11 Å². The van der Waals surface area contributed by atoms with E-state index in [1.165, 1.54) is 0 Å². The second-order valence-electron chi connectivity index (χ2n) is 2.62. The van der Waals surface area contributed by atoms with Crippen molar-refractivity contribution in [2.45, 2.75) is 6.18 Å². The van der Waals surface area contributed by atoms with Gasteiger partial charge in [-0.3, -0.25) is 10.3 Å². The van der Waals surface area contributed by atoms with Crippen LogP contribution in [-0.2, 0) is 11.0 Å². The Kier molecular flexibility index (Phi) is 3.41. The summed E-state index contributed by atoms with van der Waals surface area (Å²) < 4.78 is 50.0. The van der Waals surface area contributed by atoms with Gasteiger partial charge in [-0.05, 0) is 12.1 Å². The number of anilines is 1. The lowest BCUT2D eigenvalue weighted by Crippen LogP contribution is -2.08. The SMILES string of the molecule is CONc1cc(C(F)(F)F)c(Cl)cc1F. The molecule has 15 heavy (non-hydrogen) atoms. The summed E-state index contributed by atoms with van der Waals surface area (Å²) in [5, 5.41) is -0.693. The van der Waals surface area contributed by atoms with Gasteiger partial charge in [0.1, 0.15) is 5.82 Å². The van der Waals surface area contributed by atoms with E-state index in [-0.39, 0.29) is 0 Å². The molecule has 0 radical (unpaired) electrons. The van der Waals surface area contributed by atoms with E-state index >= 15 is 0 Å². The molecule has 0 aliphatic carbocycles. The molecule has 0 aliphatic rings. The average Bonchev–Trinajstić information content (AvgIpc) is 2.07. The van der Waals surface area contributed by atoms with Crippen LogP contribution >= 0.6 is 11.6 Å². The van der Waals surface area contributed by atoms with Crippen LogP contribution in [-0.4, -0.2) is 7.11 Å². The number of halogens is 5. The zero-order valence-electron chi connectivity index (χ0n) is 7.45. The Hall–Kier alpha value is -1.01. The van der Waals surface area contributed by atoms with Crippen LogP contribution in [0.4, 0.5) is 23.2 Å². The van der Waals surface area contributed by atoms with Crippen molar-refractivity contribution in [2.24, 2.45) is 0 Å². The third kappa shape index (κ3) is 2.73. The van der Waals surface area contributed by atoms with Gasteiger partial charge in [0.15, 0.2) is 0 Å². The summed E-state index contributed by atoms with van der Waals surface area (Å²) in [6.45, 7) is 0. The standard InChI is InChI=1S/C8H6ClF4NO/c1-15-14-7-2-4(8(11,12)13)5(9)3-6(7)10/h2-3,14H,1H3. The minimum atomic E-state index is -4.63. The fourth-order valence-electron chi connectivity index (χ4n) is 0.954. The van der Waals surface area contributed by atoms with E-state index in [4.69, 9.17) is 11.6 Å². The minimum absolute atomic E-state index is 0.422. The van der Waals surface area contributed by atoms with Crippen molar-refractivity contribution in [3.63, 3.8) is 0 Å². The second kappa shape index (κ2) is 4.24. The molecule has 0 unspecified atom stereocenters. The van der Waals surface area contributed by atoms with Gasteiger partial charge in [0, 0.05) is 0 Å². The maximum Gasteiger partial charge on any atom is 0.417 e. The molecule has 0 aromatic heterocycles. The van der Waals surface area contributed by atoms with E-state index in [1.807, 2.05) is 5.48 Å². The van der Waals surface area contributed by atoms with Crippen LogP contribution in [0, 0.1) is 5.82 Å². The zero-order chi connectivity index (χ0) is 11.6. The van der Waals surface area contributed by atoms with Crippen molar-refractivity contribution in [1.82, 2.24) is 0 Å². The van der Waals surface area contributed by atoms with Crippen molar-refractivity contribution in [3.05, 3.63) is 28.5 Å². The highest BCUT2D eigenvalue weighted by atomic mass is 35.5. The predicted octanol–water partition coefficient (Wildman–Crippen LogP) is 3.47. The molecule has 0 saturated carbocycles. The molecule has 0 amide bonds. The number of hydrogen-bond acceptors (Lipinski definition) is 2. The number of hydrogen-bond donors (Lipinski definition) is 1. The van der Waals surface area contributed by atoms with Gasteiger partial charge in [0.05, 0.1) is 23.4 Å². The van der Waals surface area contributed by atoms with Gasteiger partial charge in [0.25, 0.3) is 0 Å². The Morgan fingerprint density at radius 1 is 1.33 bits per heavy atom. The first kappa shape index (κ1) is 12.1. The highest BCUT2D eigenvalue weighted by molar-refractivity contribution is 6.31. The molecule has 0 aliphatic heterocycles. The monoisotopic (exact) mass is 243 g/mol. The van der Waals surface area contributed by atoms with E-state index in [1.54, 1.807) is 0 Å². The Morgan fingerprint density at radius 2 is 1.93 bits per heavy atom. The van der Waals surface area contributed by atoms with Gasteiger partial charge in [-0.25, -0.2) is 4.39 Å². The molecule has 0 atom stereocenters. The number of nitrogens with one attached hydrogen (secondary N) is 1. The summed E-state index contributed by atoms with van der Waals surface area (Å²) in [7, 11) is 1.15. The van der Waals surface area contributed by atoms with Gasteiger partial charge >= 0.3 is 6.18 Å². The van der Waals surface area contributed by atoms with Crippen LogP contribution in [0.3, 0.4) is 0 Å². The Labute approximate surface area is 87.7 Å². The molecular weight excluding hydrogens is 238 g/mol.